The second-order valence-corrected chi connectivity index (χ2v) is 7.55. The van der Waals surface area contributed by atoms with Gasteiger partial charge in [0.05, 0.1) is 0 Å². The molecule has 0 aromatic heterocycles. The zero-order chi connectivity index (χ0) is 17.7. The standard InChI is InChI=1S/C20H30N2O2/c1-13(2)19(23)21-12-15-8-9-17(10-15)16-6-5-7-18(11-16)22-20(24)14(3)4/h5-7,11,13-15,17H,8-10,12H2,1-4H3,(H,21,23)(H,22,24). The molecule has 2 N–H and O–H groups in total. The van der Waals surface area contributed by atoms with Crippen LogP contribution in [0.4, 0.5) is 5.69 Å². The molecule has 2 rings (SSSR count). The molecule has 0 saturated heterocycles. The van der Waals surface area contributed by atoms with Crippen LogP contribution >= 0.6 is 0 Å². The summed E-state index contributed by atoms with van der Waals surface area (Å²) in [7, 11) is 0. The summed E-state index contributed by atoms with van der Waals surface area (Å²) in [5.74, 6) is 1.27. The van der Waals surface area contributed by atoms with Crippen LogP contribution in [0.15, 0.2) is 24.3 Å². The average molecular weight is 330 g/mol. The number of anilines is 1. The minimum absolute atomic E-state index is 0.0194. The lowest BCUT2D eigenvalue weighted by atomic mass is 9.95. The normalized spacial score (nSPS) is 20.4. The first-order valence-corrected chi connectivity index (χ1v) is 9.05. The highest BCUT2D eigenvalue weighted by Gasteiger charge is 2.26. The molecule has 1 fully saturated rings. The first-order valence-electron chi connectivity index (χ1n) is 9.05. The summed E-state index contributed by atoms with van der Waals surface area (Å²) in [5, 5.41) is 6.02. The maximum absolute atomic E-state index is 11.8. The van der Waals surface area contributed by atoms with Crippen LogP contribution in [0.2, 0.25) is 0 Å². The van der Waals surface area contributed by atoms with E-state index in [1.807, 2.05) is 39.8 Å². The van der Waals surface area contributed by atoms with Crippen molar-refractivity contribution in [2.45, 2.75) is 52.9 Å². The van der Waals surface area contributed by atoms with Crippen molar-refractivity contribution in [3.05, 3.63) is 29.8 Å². The van der Waals surface area contributed by atoms with Crippen molar-refractivity contribution in [3.8, 4) is 0 Å². The van der Waals surface area contributed by atoms with Crippen molar-refractivity contribution in [2.24, 2.45) is 17.8 Å². The summed E-state index contributed by atoms with van der Waals surface area (Å²) in [6.07, 6.45) is 3.38. The van der Waals surface area contributed by atoms with Crippen molar-refractivity contribution in [2.75, 3.05) is 11.9 Å². The van der Waals surface area contributed by atoms with Gasteiger partial charge in [0.2, 0.25) is 11.8 Å². The van der Waals surface area contributed by atoms with Gasteiger partial charge < -0.3 is 10.6 Å². The Balaban J connectivity index is 1.91. The van der Waals surface area contributed by atoms with Crippen LogP contribution < -0.4 is 10.6 Å². The van der Waals surface area contributed by atoms with Gasteiger partial charge in [-0.1, -0.05) is 39.8 Å². The molecule has 2 amide bonds. The summed E-state index contributed by atoms with van der Waals surface area (Å²) in [4.78, 5) is 23.6. The number of carbonyl (C=O) groups is 2. The summed E-state index contributed by atoms with van der Waals surface area (Å²) in [5.41, 5.74) is 2.16. The van der Waals surface area contributed by atoms with E-state index >= 15 is 0 Å². The molecular formula is C20H30N2O2. The van der Waals surface area contributed by atoms with Crippen molar-refractivity contribution < 1.29 is 9.59 Å². The number of carbonyl (C=O) groups excluding carboxylic acids is 2. The second kappa shape index (κ2) is 8.32. The minimum Gasteiger partial charge on any atom is -0.356 e. The van der Waals surface area contributed by atoms with E-state index in [1.54, 1.807) is 0 Å². The van der Waals surface area contributed by atoms with E-state index < -0.39 is 0 Å². The molecule has 1 saturated carbocycles. The molecule has 1 aromatic carbocycles. The highest BCUT2D eigenvalue weighted by atomic mass is 16.2. The fourth-order valence-electron chi connectivity index (χ4n) is 3.17. The number of rotatable bonds is 6. The third kappa shape index (κ3) is 5.08. The Hall–Kier alpha value is -1.84. The number of hydrogen-bond acceptors (Lipinski definition) is 2. The van der Waals surface area contributed by atoms with Crippen LogP contribution in [0.1, 0.15) is 58.4 Å². The van der Waals surface area contributed by atoms with Crippen LogP contribution in [0.5, 0.6) is 0 Å². The third-order valence-corrected chi connectivity index (χ3v) is 4.78. The van der Waals surface area contributed by atoms with Gasteiger partial charge >= 0.3 is 0 Å². The lowest BCUT2D eigenvalue weighted by Gasteiger charge is -2.15. The largest absolute Gasteiger partial charge is 0.356 e. The number of nitrogens with one attached hydrogen (secondary N) is 2. The van der Waals surface area contributed by atoms with Gasteiger partial charge in [-0.05, 0) is 48.8 Å². The Morgan fingerprint density at radius 1 is 1.08 bits per heavy atom. The van der Waals surface area contributed by atoms with Crippen molar-refractivity contribution in [1.82, 2.24) is 5.32 Å². The summed E-state index contributed by atoms with van der Waals surface area (Å²) in [6.45, 7) is 8.41. The smallest absolute Gasteiger partial charge is 0.226 e. The van der Waals surface area contributed by atoms with Crippen LogP contribution in [-0.4, -0.2) is 18.4 Å². The molecule has 1 aliphatic carbocycles. The number of benzene rings is 1. The molecule has 4 nitrogen and oxygen atoms in total. The Morgan fingerprint density at radius 3 is 2.46 bits per heavy atom. The predicted octanol–water partition coefficient (Wildman–Crippen LogP) is 3.94. The summed E-state index contributed by atoms with van der Waals surface area (Å²) < 4.78 is 0. The molecule has 0 heterocycles. The Bertz CT molecular complexity index is 581. The summed E-state index contributed by atoms with van der Waals surface area (Å²) >= 11 is 0. The zero-order valence-electron chi connectivity index (χ0n) is 15.3. The Labute approximate surface area is 145 Å². The van der Waals surface area contributed by atoms with Gasteiger partial charge in [0.1, 0.15) is 0 Å². The molecule has 24 heavy (non-hydrogen) atoms. The fraction of sp³-hybridized carbons (Fsp3) is 0.600. The monoisotopic (exact) mass is 330 g/mol. The minimum atomic E-state index is -0.0194. The first-order chi connectivity index (χ1) is 11.4. The maximum Gasteiger partial charge on any atom is 0.226 e. The van der Waals surface area contributed by atoms with Gasteiger partial charge in [-0.2, -0.15) is 0 Å². The van der Waals surface area contributed by atoms with Gasteiger partial charge in [-0.25, -0.2) is 0 Å². The highest BCUT2D eigenvalue weighted by molar-refractivity contribution is 5.92. The quantitative estimate of drug-likeness (QED) is 0.830. The molecule has 4 heteroatoms. The highest BCUT2D eigenvalue weighted by Crippen LogP contribution is 2.38. The van der Waals surface area contributed by atoms with E-state index in [1.165, 1.54) is 5.56 Å². The van der Waals surface area contributed by atoms with Gasteiger partial charge in [0, 0.05) is 24.1 Å². The van der Waals surface area contributed by atoms with Gasteiger partial charge in [-0.3, -0.25) is 9.59 Å². The lowest BCUT2D eigenvalue weighted by Crippen LogP contribution is -2.31. The molecule has 1 aliphatic rings. The molecular weight excluding hydrogens is 300 g/mol. The molecule has 0 spiro atoms. The van der Waals surface area contributed by atoms with Crippen LogP contribution in [0, 0.1) is 17.8 Å². The average Bonchev–Trinajstić information content (AvgIpc) is 3.01. The Kier molecular flexibility index (Phi) is 6.41. The Morgan fingerprint density at radius 2 is 1.79 bits per heavy atom. The first kappa shape index (κ1) is 18.5. The SMILES string of the molecule is CC(C)C(=O)NCC1CCC(c2cccc(NC(=O)C(C)C)c2)C1. The van der Waals surface area contributed by atoms with E-state index in [0.717, 1.165) is 31.5 Å². The van der Waals surface area contributed by atoms with Crippen LogP contribution in [0.25, 0.3) is 0 Å². The molecule has 2 unspecified atom stereocenters. The van der Waals surface area contributed by atoms with Gasteiger partial charge in [0.25, 0.3) is 0 Å². The van der Waals surface area contributed by atoms with E-state index in [9.17, 15) is 9.59 Å². The molecule has 0 radical (unpaired) electrons. The van der Waals surface area contributed by atoms with Crippen molar-refractivity contribution in [1.29, 1.82) is 0 Å². The number of hydrogen-bond donors (Lipinski definition) is 2. The van der Waals surface area contributed by atoms with Gasteiger partial charge in [0.15, 0.2) is 0 Å². The van der Waals surface area contributed by atoms with Gasteiger partial charge in [-0.15, -0.1) is 0 Å². The predicted molar refractivity (Wildman–Crippen MR) is 97.8 cm³/mol. The zero-order valence-corrected chi connectivity index (χ0v) is 15.3. The molecule has 0 bridgehead atoms. The fourth-order valence-corrected chi connectivity index (χ4v) is 3.17. The summed E-state index contributed by atoms with van der Waals surface area (Å²) in [6, 6.07) is 8.20. The van der Waals surface area contributed by atoms with E-state index in [2.05, 4.69) is 22.8 Å². The van der Waals surface area contributed by atoms with E-state index in [0.29, 0.717) is 11.8 Å². The van der Waals surface area contributed by atoms with E-state index in [4.69, 9.17) is 0 Å². The molecule has 132 valence electrons. The molecule has 2 atom stereocenters. The lowest BCUT2D eigenvalue weighted by molar-refractivity contribution is -0.124. The second-order valence-electron chi connectivity index (χ2n) is 7.55. The van der Waals surface area contributed by atoms with E-state index in [-0.39, 0.29) is 23.7 Å². The molecule has 1 aromatic rings. The third-order valence-electron chi connectivity index (χ3n) is 4.78. The van der Waals surface area contributed by atoms with Crippen molar-refractivity contribution >= 4 is 17.5 Å². The molecule has 0 aliphatic heterocycles. The topological polar surface area (TPSA) is 58.2 Å². The van der Waals surface area contributed by atoms with Crippen LogP contribution in [-0.2, 0) is 9.59 Å². The van der Waals surface area contributed by atoms with Crippen molar-refractivity contribution in [3.63, 3.8) is 0 Å². The maximum atomic E-state index is 11.8. The van der Waals surface area contributed by atoms with Crippen LogP contribution in [0.3, 0.4) is 0 Å². The number of amides is 2.